The molecule has 0 radical (unpaired) electrons. The first-order valence-corrected chi connectivity index (χ1v) is 35.6. The van der Waals surface area contributed by atoms with Gasteiger partial charge >= 0.3 is 0 Å². The molecule has 1 aromatic heterocycles. The van der Waals surface area contributed by atoms with Gasteiger partial charge in [-0.2, -0.15) is 18.1 Å². The molecule has 508 valence electrons. The lowest BCUT2D eigenvalue weighted by atomic mass is 9.75. The lowest BCUT2D eigenvalue weighted by molar-refractivity contribution is -0.438. The summed E-state index contributed by atoms with van der Waals surface area (Å²) in [6.45, 7) is 20.8. The number of benzene rings is 4. The number of nitrogens with one attached hydrogen (secondary N) is 2. The number of Topliss-reactive ketones (excluding diaryl/α,β-unsaturated/α-hetero) is 1. The normalized spacial score (nSPS) is 16.3. The fraction of sp³-hybridized carbons (Fsp3) is 0.479. The fourth-order valence-electron chi connectivity index (χ4n) is 12.5. The molecule has 0 saturated carbocycles. The number of aryl methyl sites for hydroxylation is 1. The maximum Gasteiger partial charge on any atom is 0.264 e. The van der Waals surface area contributed by atoms with E-state index in [1.54, 1.807) is 24.3 Å². The van der Waals surface area contributed by atoms with Crippen LogP contribution in [0.3, 0.4) is 0 Å². The van der Waals surface area contributed by atoms with Crippen molar-refractivity contribution in [1.29, 1.82) is 0 Å². The van der Waals surface area contributed by atoms with E-state index < -0.39 is 42.7 Å². The Balaban J connectivity index is 0.747. The zero-order chi connectivity index (χ0) is 67.7. The van der Waals surface area contributed by atoms with Gasteiger partial charge in [0.1, 0.15) is 6.54 Å². The second-order valence-electron chi connectivity index (χ2n) is 25.8. The monoisotopic (exact) mass is 1330 g/mol. The number of allylic oxidation sites excluding steroid dienone is 6. The predicted molar refractivity (Wildman–Crippen MR) is 365 cm³/mol. The summed E-state index contributed by atoms with van der Waals surface area (Å²) in [5.41, 5.74) is 17.1. The zero-order valence-electron chi connectivity index (χ0n) is 55.4. The minimum atomic E-state index is -4.35. The Hall–Kier alpha value is -7.19. The van der Waals surface area contributed by atoms with Crippen molar-refractivity contribution in [3.8, 4) is 5.69 Å². The number of carbonyl (C=O) groups excluding carboxylic acids is 3. The van der Waals surface area contributed by atoms with Crippen LogP contribution in [0.15, 0.2) is 121 Å². The van der Waals surface area contributed by atoms with Gasteiger partial charge in [0, 0.05) is 97.2 Å². The third-order valence-corrected chi connectivity index (χ3v) is 18.8. The van der Waals surface area contributed by atoms with E-state index in [9.17, 15) is 40.3 Å². The second kappa shape index (κ2) is 33.0. The van der Waals surface area contributed by atoms with Crippen LogP contribution in [0, 0.1) is 12.3 Å². The minimum Gasteiger partial charge on any atom is -0.748 e. The standard InChI is InChI=1S/C71H93N7O14S2/c1-51-66-62(49-69(2,3)50-63(66)79)78(75-51)55-28-29-56(67(72)80)59(48-55)73-32-16-36-88-38-40-90-42-44-92-45-43-91-41-39-89-37-17-33-74-68(81)54-24-22-52(23-25-54)53(26-30-64-70(4,5)57-18-8-10-20-60(57)76(64)34-12-14-46-93(82,83)84)27-31-65-71(6,7)58-19-9-11-21-61(58)77(65)35-13-15-47-94(85,86)87/h8-11,18-31,48H,12-17,32-47,49-50H2,1-7H3,(H5-,72,73,74,80,81,82,83,84,85,86,87). The van der Waals surface area contributed by atoms with Crippen molar-refractivity contribution in [3.05, 3.63) is 166 Å². The smallest absolute Gasteiger partial charge is 0.264 e. The number of rotatable bonds is 38. The summed E-state index contributed by atoms with van der Waals surface area (Å²) in [4.78, 5) is 40.9. The Kier molecular flexibility index (Phi) is 25.5. The molecule has 0 spiro atoms. The highest BCUT2D eigenvalue weighted by Gasteiger charge is 2.44. The summed E-state index contributed by atoms with van der Waals surface area (Å²) in [6, 6.07) is 29.1. The number of ketones is 1. The number of fused-ring (bicyclic) bond motifs is 3. The molecule has 2 aliphatic heterocycles. The zero-order valence-corrected chi connectivity index (χ0v) is 57.0. The largest absolute Gasteiger partial charge is 0.748 e. The Morgan fingerprint density at radius 2 is 1.31 bits per heavy atom. The molecule has 0 unspecified atom stereocenters. The average molecular weight is 1330 g/mol. The number of amides is 2. The van der Waals surface area contributed by atoms with Crippen molar-refractivity contribution >= 4 is 66.2 Å². The third kappa shape index (κ3) is 19.7. The van der Waals surface area contributed by atoms with Crippen LogP contribution < -0.4 is 21.3 Å². The maximum atomic E-state index is 13.4. The van der Waals surface area contributed by atoms with E-state index in [1.807, 2.05) is 54.1 Å². The molecular weight excluding hydrogens is 1240 g/mol. The first-order valence-electron chi connectivity index (χ1n) is 32.4. The molecule has 0 atom stereocenters. The molecule has 4 aromatic carbocycles. The van der Waals surface area contributed by atoms with Crippen LogP contribution in [0.2, 0.25) is 0 Å². The maximum absolute atomic E-state index is 13.4. The fourth-order valence-corrected chi connectivity index (χ4v) is 13.6. The van der Waals surface area contributed by atoms with Crippen LogP contribution in [-0.4, -0.2) is 167 Å². The summed E-state index contributed by atoms with van der Waals surface area (Å²) in [5.74, 6) is -1.41. The molecule has 5 aromatic rings. The molecule has 1 aliphatic carbocycles. The van der Waals surface area contributed by atoms with Crippen molar-refractivity contribution in [1.82, 2.24) is 15.1 Å². The molecule has 0 bridgehead atoms. The van der Waals surface area contributed by atoms with Crippen molar-refractivity contribution in [3.63, 3.8) is 0 Å². The van der Waals surface area contributed by atoms with E-state index in [-0.39, 0.29) is 29.3 Å². The number of carbonyl (C=O) groups is 3. The van der Waals surface area contributed by atoms with Gasteiger partial charge in [0.15, 0.2) is 11.5 Å². The van der Waals surface area contributed by atoms with E-state index >= 15 is 0 Å². The summed E-state index contributed by atoms with van der Waals surface area (Å²) in [6.07, 6.45) is 12.3. The van der Waals surface area contributed by atoms with E-state index in [1.165, 1.54) is 0 Å². The predicted octanol–water partition coefficient (Wildman–Crippen LogP) is 9.83. The molecular formula is C71H93N7O14S2. The van der Waals surface area contributed by atoms with Crippen molar-refractivity contribution in [2.75, 3.05) is 114 Å². The van der Waals surface area contributed by atoms with Crippen LogP contribution in [0.5, 0.6) is 0 Å². The van der Waals surface area contributed by atoms with Gasteiger partial charge in [-0.05, 0) is 130 Å². The van der Waals surface area contributed by atoms with Crippen molar-refractivity contribution in [2.45, 2.75) is 111 Å². The topological polar surface area (TPSA) is 283 Å². The summed E-state index contributed by atoms with van der Waals surface area (Å²) in [5, 5.41) is 11.0. The van der Waals surface area contributed by atoms with Crippen LogP contribution in [0.1, 0.15) is 146 Å². The number of hydrogen-bond acceptors (Lipinski definition) is 16. The van der Waals surface area contributed by atoms with Gasteiger partial charge in [-0.15, -0.1) is 0 Å². The van der Waals surface area contributed by atoms with Crippen LogP contribution in [0.25, 0.3) is 11.3 Å². The van der Waals surface area contributed by atoms with Gasteiger partial charge in [-0.1, -0.05) is 82.3 Å². The van der Waals surface area contributed by atoms with E-state index in [0.717, 1.165) is 56.4 Å². The number of hydrogen-bond donors (Lipinski definition) is 4. The molecule has 3 heterocycles. The number of primary amides is 1. The van der Waals surface area contributed by atoms with Gasteiger partial charge < -0.3 is 49.5 Å². The molecule has 8 rings (SSSR count). The van der Waals surface area contributed by atoms with Gasteiger partial charge in [0.25, 0.3) is 21.9 Å². The number of aromatic nitrogens is 2. The first kappa shape index (κ1) is 72.6. The molecule has 0 fully saturated rings. The van der Waals surface area contributed by atoms with Crippen LogP contribution in [0.4, 0.5) is 17.1 Å². The lowest BCUT2D eigenvalue weighted by Crippen LogP contribution is -2.28. The summed E-state index contributed by atoms with van der Waals surface area (Å²) < 4.78 is 99.7. The first-order chi connectivity index (χ1) is 44.8. The SMILES string of the molecule is Cc1nn(-c2ccc(C(N)=O)c(NCCCOCCOCCOCCOCCOCCCNC(=O)c3ccc(C(/C=C/C4=[N+](CCCCS(=O)(=O)O)c5ccccc5C4(C)C)=C/C=C4/N(CCCCS(=O)(=O)[O-])c5ccccc5C4(C)C)cc3)c2)c2c1C(=O)CC(C)(C)C2. The summed E-state index contributed by atoms with van der Waals surface area (Å²) in [7, 11) is -8.46. The number of unbranched alkanes of at least 4 members (excludes halogenated alkanes) is 2. The molecule has 94 heavy (non-hydrogen) atoms. The van der Waals surface area contributed by atoms with Gasteiger partial charge in [0.2, 0.25) is 5.69 Å². The van der Waals surface area contributed by atoms with Crippen molar-refractivity contribution in [2.24, 2.45) is 11.1 Å². The molecule has 2 amide bonds. The van der Waals surface area contributed by atoms with Gasteiger partial charge in [-0.25, -0.2) is 13.1 Å². The molecule has 3 aliphatic rings. The van der Waals surface area contributed by atoms with Crippen LogP contribution in [-0.2, 0) is 61.2 Å². The lowest BCUT2D eigenvalue weighted by Gasteiger charge is -2.29. The molecule has 21 nitrogen and oxygen atoms in total. The number of nitrogens with two attached hydrogens (primary N) is 1. The average Bonchev–Trinajstić information content (AvgIpc) is 1.61. The van der Waals surface area contributed by atoms with E-state index in [4.69, 9.17) is 34.5 Å². The Labute approximate surface area is 554 Å². The quantitative estimate of drug-likeness (QED) is 0.0124. The second-order valence-corrected chi connectivity index (χ2v) is 28.9. The minimum absolute atomic E-state index is 0.100. The molecule has 23 heteroatoms. The molecule has 5 N–H and O–H groups in total. The van der Waals surface area contributed by atoms with E-state index in [0.29, 0.717) is 165 Å². The Morgan fingerprint density at radius 3 is 1.95 bits per heavy atom. The summed E-state index contributed by atoms with van der Waals surface area (Å²) >= 11 is 0. The van der Waals surface area contributed by atoms with Gasteiger partial charge in [-0.3, -0.25) is 18.9 Å². The highest BCUT2D eigenvalue weighted by Crippen LogP contribution is 2.48. The molecule has 0 saturated heterocycles. The Morgan fingerprint density at radius 1 is 0.713 bits per heavy atom. The highest BCUT2D eigenvalue weighted by molar-refractivity contribution is 7.85. The number of ether oxygens (including phenoxy) is 5. The highest BCUT2D eigenvalue weighted by atomic mass is 32.2. The Bertz CT molecular complexity index is 3830. The van der Waals surface area contributed by atoms with Gasteiger partial charge in [0.05, 0.1) is 102 Å². The number of para-hydroxylation sites is 2. The number of nitrogens with zero attached hydrogens (tertiary/aromatic N) is 4. The third-order valence-electron chi connectivity index (χ3n) is 17.2. The van der Waals surface area contributed by atoms with Crippen LogP contribution >= 0.6 is 0 Å². The number of anilines is 2. The van der Waals surface area contributed by atoms with Crippen molar-refractivity contribution < 1.29 is 68.6 Å². The van der Waals surface area contributed by atoms with E-state index in [2.05, 4.69) is 110 Å².